The van der Waals surface area contributed by atoms with E-state index in [1.54, 1.807) is 61.5 Å². The van der Waals surface area contributed by atoms with E-state index in [1.807, 2.05) is 0 Å². The van der Waals surface area contributed by atoms with E-state index in [9.17, 15) is 18.0 Å². The SMILES string of the molecule is CC[C@H](C(=O)NC)N(Cc1ccccc1Cl)C(=O)CN(c1ccccc1)S(=O)(=O)N(C)C. The number of carbonyl (C=O) groups is 2. The summed E-state index contributed by atoms with van der Waals surface area (Å²) in [4.78, 5) is 27.4. The van der Waals surface area contributed by atoms with Crippen molar-refractivity contribution in [3.05, 3.63) is 65.2 Å². The molecule has 10 heteroatoms. The van der Waals surface area contributed by atoms with Crippen molar-refractivity contribution in [3.63, 3.8) is 0 Å². The maximum Gasteiger partial charge on any atom is 0.304 e. The number of rotatable bonds is 10. The summed E-state index contributed by atoms with van der Waals surface area (Å²) in [6.07, 6.45) is 0.349. The zero-order valence-corrected chi connectivity index (χ0v) is 20.2. The predicted molar refractivity (Wildman–Crippen MR) is 127 cm³/mol. The number of benzene rings is 2. The van der Waals surface area contributed by atoms with Crippen LogP contribution in [0.15, 0.2) is 54.6 Å². The first-order valence-corrected chi connectivity index (χ1v) is 11.9. The summed E-state index contributed by atoms with van der Waals surface area (Å²) in [6, 6.07) is 14.6. The quantitative estimate of drug-likeness (QED) is 0.565. The molecule has 0 spiro atoms. The molecule has 0 aromatic heterocycles. The van der Waals surface area contributed by atoms with E-state index in [0.717, 1.165) is 8.61 Å². The van der Waals surface area contributed by atoms with Gasteiger partial charge < -0.3 is 10.2 Å². The molecule has 0 aliphatic heterocycles. The molecule has 0 fully saturated rings. The highest BCUT2D eigenvalue weighted by molar-refractivity contribution is 7.90. The Kier molecular flexibility index (Phi) is 9.06. The summed E-state index contributed by atoms with van der Waals surface area (Å²) < 4.78 is 28.1. The number of anilines is 1. The Hall–Kier alpha value is -2.62. The number of halogens is 1. The maximum absolute atomic E-state index is 13.5. The fourth-order valence-electron chi connectivity index (χ4n) is 3.21. The molecule has 0 aliphatic carbocycles. The lowest BCUT2D eigenvalue weighted by Crippen LogP contribution is -2.52. The molecule has 2 rings (SSSR count). The monoisotopic (exact) mass is 480 g/mol. The van der Waals surface area contributed by atoms with Crippen LogP contribution < -0.4 is 9.62 Å². The number of hydrogen-bond donors (Lipinski definition) is 1. The van der Waals surface area contributed by atoms with Gasteiger partial charge in [-0.25, -0.2) is 4.31 Å². The molecule has 1 N–H and O–H groups in total. The van der Waals surface area contributed by atoms with Crippen LogP contribution in [0.1, 0.15) is 18.9 Å². The van der Waals surface area contributed by atoms with E-state index in [1.165, 1.54) is 26.0 Å². The van der Waals surface area contributed by atoms with Crippen molar-refractivity contribution in [3.8, 4) is 0 Å². The van der Waals surface area contributed by atoms with Crippen molar-refractivity contribution in [1.29, 1.82) is 0 Å². The van der Waals surface area contributed by atoms with Gasteiger partial charge in [-0.05, 0) is 30.2 Å². The van der Waals surface area contributed by atoms with E-state index in [4.69, 9.17) is 11.6 Å². The normalized spacial score (nSPS) is 12.3. The van der Waals surface area contributed by atoms with E-state index in [2.05, 4.69) is 5.32 Å². The summed E-state index contributed by atoms with van der Waals surface area (Å²) in [5, 5.41) is 3.04. The van der Waals surface area contributed by atoms with Crippen LogP contribution in [-0.4, -0.2) is 63.2 Å². The second-order valence-electron chi connectivity index (χ2n) is 7.28. The van der Waals surface area contributed by atoms with Gasteiger partial charge in [0.25, 0.3) is 0 Å². The van der Waals surface area contributed by atoms with Gasteiger partial charge in [-0.1, -0.05) is 54.9 Å². The van der Waals surface area contributed by atoms with Crippen LogP contribution in [0.2, 0.25) is 5.02 Å². The van der Waals surface area contributed by atoms with Crippen LogP contribution >= 0.6 is 11.6 Å². The molecule has 32 heavy (non-hydrogen) atoms. The summed E-state index contributed by atoms with van der Waals surface area (Å²) >= 11 is 6.30. The highest BCUT2D eigenvalue weighted by Gasteiger charge is 2.33. The lowest BCUT2D eigenvalue weighted by atomic mass is 10.1. The van der Waals surface area contributed by atoms with Crippen molar-refractivity contribution in [1.82, 2.24) is 14.5 Å². The van der Waals surface area contributed by atoms with Crippen LogP contribution in [0.4, 0.5) is 5.69 Å². The molecular formula is C22H29ClN4O4S. The smallest absolute Gasteiger partial charge is 0.304 e. The molecule has 0 saturated carbocycles. The number of carbonyl (C=O) groups excluding carboxylic acids is 2. The van der Waals surface area contributed by atoms with Gasteiger partial charge in [0, 0.05) is 32.7 Å². The Morgan fingerprint density at radius 1 is 1.03 bits per heavy atom. The van der Waals surface area contributed by atoms with Gasteiger partial charge in [0.15, 0.2) is 0 Å². The fourth-order valence-corrected chi connectivity index (χ4v) is 4.46. The van der Waals surface area contributed by atoms with Gasteiger partial charge in [-0.3, -0.25) is 9.59 Å². The first-order chi connectivity index (χ1) is 15.1. The second-order valence-corrected chi connectivity index (χ2v) is 9.76. The third-order valence-corrected chi connectivity index (χ3v) is 7.18. The van der Waals surface area contributed by atoms with Crippen LogP contribution in [0.25, 0.3) is 0 Å². The Morgan fingerprint density at radius 2 is 1.62 bits per heavy atom. The molecule has 2 aromatic rings. The third kappa shape index (κ3) is 5.99. The number of nitrogens with one attached hydrogen (secondary N) is 1. The number of likely N-dealkylation sites (N-methyl/N-ethyl adjacent to an activating group) is 1. The first-order valence-electron chi connectivity index (χ1n) is 10.1. The highest BCUT2D eigenvalue weighted by Crippen LogP contribution is 2.23. The average molecular weight is 481 g/mol. The van der Waals surface area contributed by atoms with E-state index in [0.29, 0.717) is 22.7 Å². The van der Waals surface area contributed by atoms with E-state index < -0.39 is 28.7 Å². The minimum Gasteiger partial charge on any atom is -0.357 e. The van der Waals surface area contributed by atoms with Crippen molar-refractivity contribution >= 4 is 39.3 Å². The molecule has 1 atom stereocenters. The largest absolute Gasteiger partial charge is 0.357 e. The van der Waals surface area contributed by atoms with Crippen molar-refractivity contribution in [2.75, 3.05) is 32.0 Å². The molecule has 2 amide bonds. The number of nitrogens with zero attached hydrogens (tertiary/aromatic N) is 3. The van der Waals surface area contributed by atoms with Gasteiger partial charge in [-0.2, -0.15) is 12.7 Å². The van der Waals surface area contributed by atoms with Gasteiger partial charge in [0.2, 0.25) is 11.8 Å². The van der Waals surface area contributed by atoms with Gasteiger partial charge in [0.1, 0.15) is 12.6 Å². The molecule has 174 valence electrons. The molecule has 0 heterocycles. The minimum absolute atomic E-state index is 0.0646. The van der Waals surface area contributed by atoms with Crippen LogP contribution in [0.5, 0.6) is 0 Å². The van der Waals surface area contributed by atoms with Crippen molar-refractivity contribution in [2.45, 2.75) is 25.9 Å². The topological polar surface area (TPSA) is 90.0 Å². The maximum atomic E-state index is 13.5. The molecule has 0 bridgehead atoms. The lowest BCUT2D eigenvalue weighted by molar-refractivity contribution is -0.140. The van der Waals surface area contributed by atoms with E-state index in [-0.39, 0.29) is 12.5 Å². The lowest BCUT2D eigenvalue weighted by Gasteiger charge is -2.33. The third-order valence-electron chi connectivity index (χ3n) is 4.99. The summed E-state index contributed by atoms with van der Waals surface area (Å²) in [6.45, 7) is 1.38. The fraction of sp³-hybridized carbons (Fsp3) is 0.364. The zero-order chi connectivity index (χ0) is 23.9. The Morgan fingerprint density at radius 3 is 2.16 bits per heavy atom. The van der Waals surface area contributed by atoms with Crippen molar-refractivity contribution < 1.29 is 18.0 Å². The molecule has 2 aromatic carbocycles. The van der Waals surface area contributed by atoms with Gasteiger partial charge in [-0.15, -0.1) is 0 Å². The highest BCUT2D eigenvalue weighted by atomic mass is 35.5. The number of amides is 2. The zero-order valence-electron chi connectivity index (χ0n) is 18.7. The number of para-hydroxylation sites is 1. The second kappa shape index (κ2) is 11.3. The summed E-state index contributed by atoms with van der Waals surface area (Å²) in [5.41, 5.74) is 1.01. The van der Waals surface area contributed by atoms with Crippen LogP contribution in [0, 0.1) is 0 Å². The first kappa shape index (κ1) is 25.6. The Balaban J connectivity index is 2.48. The molecular weight excluding hydrogens is 452 g/mol. The molecule has 0 radical (unpaired) electrons. The molecule has 0 saturated heterocycles. The average Bonchev–Trinajstić information content (AvgIpc) is 2.78. The van der Waals surface area contributed by atoms with Gasteiger partial charge >= 0.3 is 10.2 Å². The van der Waals surface area contributed by atoms with Crippen LogP contribution in [0.3, 0.4) is 0 Å². The van der Waals surface area contributed by atoms with Crippen LogP contribution in [-0.2, 0) is 26.3 Å². The summed E-state index contributed by atoms with van der Waals surface area (Å²) in [7, 11) is 0.328. The van der Waals surface area contributed by atoms with Crippen molar-refractivity contribution in [2.24, 2.45) is 0 Å². The van der Waals surface area contributed by atoms with E-state index >= 15 is 0 Å². The molecule has 0 unspecified atom stereocenters. The standard InChI is InChI=1S/C22H29ClN4O4S/c1-5-20(22(29)24-2)26(15-17-11-9-10-14-19(17)23)21(28)16-27(32(30,31)25(3)4)18-12-7-6-8-13-18/h6-14,20H,5,15-16H2,1-4H3,(H,24,29)/t20-/m1/s1. The predicted octanol–water partition coefficient (Wildman–Crippen LogP) is 2.51. The summed E-state index contributed by atoms with van der Waals surface area (Å²) in [5.74, 6) is -0.857. The minimum atomic E-state index is -3.97. The number of hydrogen-bond acceptors (Lipinski definition) is 4. The Bertz CT molecular complexity index is 1030. The molecule has 8 nitrogen and oxygen atoms in total. The Labute approximate surface area is 194 Å². The van der Waals surface area contributed by atoms with Gasteiger partial charge in [0.05, 0.1) is 5.69 Å². The molecule has 0 aliphatic rings.